The lowest BCUT2D eigenvalue weighted by Crippen LogP contribution is -2.05. The number of ketones is 1. The second-order valence-electron chi connectivity index (χ2n) is 4.56. The number of hydrogen-bond donors (Lipinski definition) is 2. The second-order valence-corrected chi connectivity index (χ2v) is 4.56. The first-order chi connectivity index (χ1) is 9.60. The van der Waals surface area contributed by atoms with Crippen molar-refractivity contribution >= 4 is 17.5 Å². The minimum absolute atomic E-state index is 0.0261. The van der Waals surface area contributed by atoms with Crippen molar-refractivity contribution < 1.29 is 4.79 Å². The molecule has 3 N–H and O–H groups in total. The van der Waals surface area contributed by atoms with Gasteiger partial charge < -0.3 is 11.1 Å². The van der Waals surface area contributed by atoms with Crippen molar-refractivity contribution in [3.8, 4) is 11.3 Å². The number of rotatable bonds is 5. The summed E-state index contributed by atoms with van der Waals surface area (Å²) in [7, 11) is 0. The van der Waals surface area contributed by atoms with E-state index in [2.05, 4.69) is 22.2 Å². The quantitative estimate of drug-likeness (QED) is 0.816. The first-order valence-electron chi connectivity index (χ1n) is 6.60. The first-order valence-corrected chi connectivity index (χ1v) is 6.60. The van der Waals surface area contributed by atoms with Crippen molar-refractivity contribution in [1.82, 2.24) is 9.97 Å². The first kappa shape index (κ1) is 14.0. The standard InChI is InChI=1S/C15H18N4O/c1-3-7-17-14-9-13(18-15(16)19-14)12-6-4-5-11(8-12)10(2)20/h4-6,8-9H,3,7H2,1-2H3,(H3,16,17,18,19). The molecular weight excluding hydrogens is 252 g/mol. The molecule has 0 aliphatic heterocycles. The van der Waals surface area contributed by atoms with Gasteiger partial charge >= 0.3 is 0 Å². The molecule has 1 aromatic carbocycles. The third kappa shape index (κ3) is 3.32. The van der Waals surface area contributed by atoms with Gasteiger partial charge in [0.2, 0.25) is 5.95 Å². The van der Waals surface area contributed by atoms with Crippen molar-refractivity contribution in [2.75, 3.05) is 17.6 Å². The van der Waals surface area contributed by atoms with Gasteiger partial charge in [0.15, 0.2) is 5.78 Å². The molecule has 0 aliphatic rings. The van der Waals surface area contributed by atoms with Crippen molar-refractivity contribution in [1.29, 1.82) is 0 Å². The highest BCUT2D eigenvalue weighted by Crippen LogP contribution is 2.22. The number of aromatic nitrogens is 2. The maximum Gasteiger partial charge on any atom is 0.222 e. The largest absolute Gasteiger partial charge is 0.370 e. The molecule has 0 radical (unpaired) electrons. The highest BCUT2D eigenvalue weighted by molar-refractivity contribution is 5.95. The molecule has 0 bridgehead atoms. The minimum Gasteiger partial charge on any atom is -0.370 e. The Hall–Kier alpha value is -2.43. The number of benzene rings is 1. The highest BCUT2D eigenvalue weighted by Gasteiger charge is 2.07. The molecule has 5 nitrogen and oxygen atoms in total. The summed E-state index contributed by atoms with van der Waals surface area (Å²) >= 11 is 0. The van der Waals surface area contributed by atoms with Crippen LogP contribution in [0, 0.1) is 0 Å². The number of nitrogens with two attached hydrogens (primary N) is 1. The summed E-state index contributed by atoms with van der Waals surface area (Å²) in [6, 6.07) is 9.17. The van der Waals surface area contributed by atoms with Gasteiger partial charge in [-0.2, -0.15) is 4.98 Å². The van der Waals surface area contributed by atoms with Crippen LogP contribution in [0.25, 0.3) is 11.3 Å². The minimum atomic E-state index is 0.0261. The predicted molar refractivity (Wildman–Crippen MR) is 80.7 cm³/mol. The van der Waals surface area contributed by atoms with Crippen LogP contribution in [0.5, 0.6) is 0 Å². The molecule has 0 spiro atoms. The van der Waals surface area contributed by atoms with Gasteiger partial charge in [0, 0.05) is 23.7 Å². The van der Waals surface area contributed by atoms with Gasteiger partial charge in [-0.15, -0.1) is 0 Å². The maximum absolute atomic E-state index is 11.4. The van der Waals surface area contributed by atoms with E-state index in [9.17, 15) is 4.79 Å². The molecule has 0 unspecified atom stereocenters. The van der Waals surface area contributed by atoms with Crippen LogP contribution in [0.15, 0.2) is 30.3 Å². The van der Waals surface area contributed by atoms with Gasteiger partial charge in [-0.1, -0.05) is 25.1 Å². The fraction of sp³-hybridized carbons (Fsp3) is 0.267. The fourth-order valence-electron chi connectivity index (χ4n) is 1.85. The lowest BCUT2D eigenvalue weighted by Gasteiger charge is -2.08. The molecule has 0 amide bonds. The zero-order valence-corrected chi connectivity index (χ0v) is 11.7. The molecule has 20 heavy (non-hydrogen) atoms. The summed E-state index contributed by atoms with van der Waals surface area (Å²) in [5, 5.41) is 3.18. The average Bonchev–Trinajstić information content (AvgIpc) is 2.44. The SMILES string of the molecule is CCCNc1cc(-c2cccc(C(C)=O)c2)nc(N)n1. The Labute approximate surface area is 118 Å². The van der Waals surface area contributed by atoms with E-state index in [4.69, 9.17) is 5.73 Å². The Morgan fingerprint density at radius 1 is 1.30 bits per heavy atom. The lowest BCUT2D eigenvalue weighted by molar-refractivity contribution is 0.101. The van der Waals surface area contributed by atoms with E-state index in [1.54, 1.807) is 13.0 Å². The highest BCUT2D eigenvalue weighted by atomic mass is 16.1. The second kappa shape index (κ2) is 6.14. The number of carbonyl (C=O) groups is 1. The van der Waals surface area contributed by atoms with Crippen LogP contribution in [0.3, 0.4) is 0 Å². The molecule has 104 valence electrons. The van der Waals surface area contributed by atoms with E-state index in [1.165, 1.54) is 0 Å². The Morgan fingerprint density at radius 2 is 2.10 bits per heavy atom. The number of nitrogens with one attached hydrogen (secondary N) is 1. The van der Waals surface area contributed by atoms with Crippen molar-refractivity contribution in [3.63, 3.8) is 0 Å². The van der Waals surface area contributed by atoms with Crippen LogP contribution in [-0.2, 0) is 0 Å². The van der Waals surface area contributed by atoms with Crippen molar-refractivity contribution in [3.05, 3.63) is 35.9 Å². The van der Waals surface area contributed by atoms with E-state index in [1.807, 2.05) is 24.3 Å². The third-order valence-corrected chi connectivity index (χ3v) is 2.86. The topological polar surface area (TPSA) is 80.9 Å². The summed E-state index contributed by atoms with van der Waals surface area (Å²) in [5.74, 6) is 0.940. The molecule has 0 atom stereocenters. The summed E-state index contributed by atoms with van der Waals surface area (Å²) < 4.78 is 0. The summed E-state index contributed by atoms with van der Waals surface area (Å²) in [6.07, 6.45) is 0.999. The summed E-state index contributed by atoms with van der Waals surface area (Å²) in [6.45, 7) is 4.44. The molecule has 2 aromatic rings. The van der Waals surface area contributed by atoms with Gasteiger partial charge in [-0.25, -0.2) is 4.98 Å². The summed E-state index contributed by atoms with van der Waals surface area (Å²) in [4.78, 5) is 19.8. The van der Waals surface area contributed by atoms with Crippen LogP contribution >= 0.6 is 0 Å². The Morgan fingerprint density at radius 3 is 2.80 bits per heavy atom. The molecule has 5 heteroatoms. The maximum atomic E-state index is 11.4. The number of nitrogen functional groups attached to an aromatic ring is 1. The van der Waals surface area contributed by atoms with E-state index in [0.29, 0.717) is 17.1 Å². The van der Waals surface area contributed by atoms with Crippen LogP contribution in [0.2, 0.25) is 0 Å². The lowest BCUT2D eigenvalue weighted by atomic mass is 10.1. The number of nitrogens with zero attached hydrogens (tertiary/aromatic N) is 2. The number of hydrogen-bond acceptors (Lipinski definition) is 5. The van der Waals surface area contributed by atoms with Crippen molar-refractivity contribution in [2.24, 2.45) is 0 Å². The Bertz CT molecular complexity index is 625. The molecule has 2 rings (SSSR count). The van der Waals surface area contributed by atoms with E-state index < -0.39 is 0 Å². The smallest absolute Gasteiger partial charge is 0.222 e. The third-order valence-electron chi connectivity index (χ3n) is 2.86. The Kier molecular flexibility index (Phi) is 4.30. The zero-order valence-electron chi connectivity index (χ0n) is 11.7. The average molecular weight is 270 g/mol. The normalized spacial score (nSPS) is 10.3. The Balaban J connectivity index is 2.38. The fourth-order valence-corrected chi connectivity index (χ4v) is 1.85. The monoisotopic (exact) mass is 270 g/mol. The van der Waals surface area contributed by atoms with Crippen LogP contribution in [0.1, 0.15) is 30.6 Å². The van der Waals surface area contributed by atoms with Gasteiger partial charge in [-0.3, -0.25) is 4.79 Å². The molecule has 1 aromatic heterocycles. The van der Waals surface area contributed by atoms with Crippen LogP contribution < -0.4 is 11.1 Å². The predicted octanol–water partition coefficient (Wildman–Crippen LogP) is 2.75. The van der Waals surface area contributed by atoms with E-state index in [0.717, 1.165) is 18.5 Å². The summed E-state index contributed by atoms with van der Waals surface area (Å²) in [5.41, 5.74) is 7.95. The number of anilines is 2. The number of Topliss-reactive ketones (excluding diaryl/α,β-unsaturated/α-hetero) is 1. The molecule has 0 fully saturated rings. The zero-order chi connectivity index (χ0) is 14.5. The van der Waals surface area contributed by atoms with Crippen molar-refractivity contribution in [2.45, 2.75) is 20.3 Å². The van der Waals surface area contributed by atoms with Gasteiger partial charge in [0.25, 0.3) is 0 Å². The van der Waals surface area contributed by atoms with Gasteiger partial charge in [0.1, 0.15) is 5.82 Å². The molecule has 0 saturated carbocycles. The van der Waals surface area contributed by atoms with Crippen LogP contribution in [-0.4, -0.2) is 22.3 Å². The van der Waals surface area contributed by atoms with Gasteiger partial charge in [0.05, 0.1) is 5.69 Å². The van der Waals surface area contributed by atoms with Gasteiger partial charge in [-0.05, 0) is 19.4 Å². The van der Waals surface area contributed by atoms with E-state index in [-0.39, 0.29) is 11.7 Å². The molecule has 1 heterocycles. The van der Waals surface area contributed by atoms with Crippen LogP contribution in [0.4, 0.5) is 11.8 Å². The molecule has 0 saturated heterocycles. The van der Waals surface area contributed by atoms with E-state index >= 15 is 0 Å². The molecular formula is C15H18N4O. The number of carbonyl (C=O) groups excluding carboxylic acids is 1. The molecule has 0 aliphatic carbocycles.